The Kier molecular flexibility index (Phi) is 7.82. The fourth-order valence-electron chi connectivity index (χ4n) is 5.91. The maximum absolute atomic E-state index is 11.7. The van der Waals surface area contributed by atoms with Crippen molar-refractivity contribution < 1.29 is 19.4 Å². The Morgan fingerprint density at radius 2 is 1.74 bits per heavy atom. The maximum Gasteiger partial charge on any atom is 0.308 e. The van der Waals surface area contributed by atoms with Crippen molar-refractivity contribution in [1.82, 2.24) is 4.90 Å². The number of ether oxygens (including phenoxy) is 2. The SMILES string of the molecule is COC(=O)C1CCN(CCOc2ccc(C3(C)c4ccc(O)cc4CCN3c3ccc(Cl)cc3)cc2)CC1. The van der Waals surface area contributed by atoms with Gasteiger partial charge in [-0.3, -0.25) is 9.69 Å². The number of esters is 1. The Labute approximate surface area is 229 Å². The lowest BCUT2D eigenvalue weighted by molar-refractivity contribution is -0.147. The smallest absolute Gasteiger partial charge is 0.308 e. The fraction of sp³-hybridized carbons (Fsp3) is 0.387. The molecule has 0 bridgehead atoms. The third-order valence-corrected chi connectivity index (χ3v) is 8.36. The molecule has 1 saturated heterocycles. The monoisotopic (exact) mass is 534 g/mol. The number of likely N-dealkylation sites (tertiary alicyclic amines) is 1. The molecule has 0 amide bonds. The maximum atomic E-state index is 11.7. The number of phenolic OH excluding ortho intramolecular Hbond substituents is 1. The molecule has 2 aliphatic rings. The molecule has 0 aliphatic carbocycles. The van der Waals surface area contributed by atoms with Gasteiger partial charge in [-0.05, 0) is 104 Å². The van der Waals surface area contributed by atoms with Gasteiger partial charge in [0, 0.05) is 23.8 Å². The number of carbonyl (C=O) groups excluding carboxylic acids is 1. The Hall–Kier alpha value is -3.22. The minimum atomic E-state index is -0.433. The first-order chi connectivity index (χ1) is 18.4. The van der Waals surface area contributed by atoms with E-state index < -0.39 is 5.54 Å². The predicted molar refractivity (Wildman–Crippen MR) is 150 cm³/mol. The summed E-state index contributed by atoms with van der Waals surface area (Å²) in [6.45, 7) is 6.25. The number of methoxy groups -OCH3 is 1. The van der Waals surface area contributed by atoms with Gasteiger partial charge in [-0.2, -0.15) is 0 Å². The van der Waals surface area contributed by atoms with Gasteiger partial charge in [-0.1, -0.05) is 29.8 Å². The van der Waals surface area contributed by atoms with Gasteiger partial charge < -0.3 is 19.5 Å². The average Bonchev–Trinajstić information content (AvgIpc) is 2.94. The van der Waals surface area contributed by atoms with E-state index in [1.165, 1.54) is 12.7 Å². The highest BCUT2D eigenvalue weighted by Gasteiger charge is 2.40. The second-order valence-electron chi connectivity index (χ2n) is 10.3. The molecule has 3 aromatic carbocycles. The number of nitrogens with zero attached hydrogens (tertiary/aromatic N) is 2. The van der Waals surface area contributed by atoms with E-state index >= 15 is 0 Å². The van der Waals surface area contributed by atoms with Crippen LogP contribution >= 0.6 is 11.6 Å². The molecule has 7 heteroatoms. The van der Waals surface area contributed by atoms with E-state index in [1.54, 1.807) is 6.07 Å². The third-order valence-electron chi connectivity index (χ3n) is 8.11. The highest BCUT2D eigenvalue weighted by atomic mass is 35.5. The van der Waals surface area contributed by atoms with Crippen molar-refractivity contribution in [2.75, 3.05) is 44.8 Å². The highest BCUT2D eigenvalue weighted by Crippen LogP contribution is 2.44. The first kappa shape index (κ1) is 26.4. The predicted octanol–water partition coefficient (Wildman–Crippen LogP) is 5.64. The summed E-state index contributed by atoms with van der Waals surface area (Å²) >= 11 is 6.19. The van der Waals surface area contributed by atoms with Crippen LogP contribution in [-0.4, -0.2) is 55.9 Å². The molecule has 1 unspecified atom stereocenters. The normalized spacial score (nSPS) is 20.1. The van der Waals surface area contributed by atoms with Gasteiger partial charge in [0.15, 0.2) is 0 Å². The molecule has 0 spiro atoms. The molecule has 0 aromatic heterocycles. The molecular weight excluding hydrogens is 500 g/mol. The van der Waals surface area contributed by atoms with Crippen LogP contribution in [0.1, 0.15) is 36.5 Å². The van der Waals surface area contributed by atoms with Crippen molar-refractivity contribution in [3.05, 3.63) is 88.4 Å². The van der Waals surface area contributed by atoms with Crippen molar-refractivity contribution >= 4 is 23.3 Å². The Morgan fingerprint density at radius 3 is 2.42 bits per heavy atom. The highest BCUT2D eigenvalue weighted by molar-refractivity contribution is 6.30. The number of halogens is 1. The van der Waals surface area contributed by atoms with Gasteiger partial charge in [-0.15, -0.1) is 0 Å². The van der Waals surface area contributed by atoms with Crippen molar-refractivity contribution in [2.24, 2.45) is 5.92 Å². The number of aromatic hydroxyl groups is 1. The molecule has 2 aliphatic heterocycles. The lowest BCUT2D eigenvalue weighted by atomic mass is 9.76. The van der Waals surface area contributed by atoms with E-state index in [0.717, 1.165) is 68.0 Å². The minimum absolute atomic E-state index is 0.0207. The van der Waals surface area contributed by atoms with Crippen LogP contribution in [0.3, 0.4) is 0 Å². The van der Waals surface area contributed by atoms with Crippen molar-refractivity contribution in [2.45, 2.75) is 31.7 Å². The average molecular weight is 535 g/mol. The summed E-state index contributed by atoms with van der Waals surface area (Å²) in [5.74, 6) is 1.06. The molecule has 6 nitrogen and oxygen atoms in total. The summed E-state index contributed by atoms with van der Waals surface area (Å²) in [6.07, 6.45) is 2.52. The first-order valence-electron chi connectivity index (χ1n) is 13.3. The Balaban J connectivity index is 1.30. The minimum Gasteiger partial charge on any atom is -0.508 e. The zero-order valence-corrected chi connectivity index (χ0v) is 22.8. The number of rotatable bonds is 7. The molecule has 2 heterocycles. The second-order valence-corrected chi connectivity index (χ2v) is 10.7. The number of phenols is 1. The first-order valence-corrected chi connectivity index (χ1v) is 13.7. The number of fused-ring (bicyclic) bond motifs is 1. The van der Waals surface area contributed by atoms with Gasteiger partial charge in [0.05, 0.1) is 18.6 Å². The molecule has 1 N–H and O–H groups in total. The number of piperidine rings is 1. The van der Waals surface area contributed by atoms with Crippen molar-refractivity contribution in [1.29, 1.82) is 0 Å². The zero-order valence-electron chi connectivity index (χ0n) is 22.0. The Morgan fingerprint density at radius 1 is 1.03 bits per heavy atom. The molecule has 5 rings (SSSR count). The molecular formula is C31H35ClN2O4. The topological polar surface area (TPSA) is 62.2 Å². The van der Waals surface area contributed by atoms with Crippen LogP contribution in [0.2, 0.25) is 5.02 Å². The standard InChI is InChI=1S/C31H35ClN2O4/c1-31(29-12-9-27(35)21-23(29)15-18-34(31)26-7-5-25(32)6-8-26)24-3-10-28(11-4-24)38-20-19-33-16-13-22(14-17-33)30(36)37-2/h3-12,21-22,35H,13-20H2,1-2H3. The van der Waals surface area contributed by atoms with E-state index in [9.17, 15) is 9.90 Å². The van der Waals surface area contributed by atoms with Crippen LogP contribution in [0.5, 0.6) is 11.5 Å². The number of anilines is 1. The summed E-state index contributed by atoms with van der Waals surface area (Å²) in [6, 6.07) is 22.1. The molecule has 38 heavy (non-hydrogen) atoms. The van der Waals surface area contributed by atoms with Gasteiger partial charge in [0.2, 0.25) is 0 Å². The van der Waals surface area contributed by atoms with Gasteiger partial charge in [0.25, 0.3) is 0 Å². The van der Waals surface area contributed by atoms with Crippen LogP contribution in [0.15, 0.2) is 66.7 Å². The van der Waals surface area contributed by atoms with E-state index in [1.807, 2.05) is 36.4 Å². The van der Waals surface area contributed by atoms with Crippen molar-refractivity contribution in [3.8, 4) is 11.5 Å². The Bertz CT molecular complexity index is 1260. The van der Waals surface area contributed by atoms with Crippen LogP contribution < -0.4 is 9.64 Å². The van der Waals surface area contributed by atoms with Gasteiger partial charge in [-0.25, -0.2) is 0 Å². The summed E-state index contributed by atoms with van der Waals surface area (Å²) in [5, 5.41) is 10.9. The fourth-order valence-corrected chi connectivity index (χ4v) is 6.04. The zero-order chi connectivity index (χ0) is 26.7. The molecule has 200 valence electrons. The molecule has 0 radical (unpaired) electrons. The quantitative estimate of drug-likeness (QED) is 0.396. The van der Waals surface area contributed by atoms with Crippen LogP contribution in [0, 0.1) is 5.92 Å². The van der Waals surface area contributed by atoms with Crippen molar-refractivity contribution in [3.63, 3.8) is 0 Å². The van der Waals surface area contributed by atoms with E-state index in [4.69, 9.17) is 21.1 Å². The van der Waals surface area contributed by atoms with E-state index in [2.05, 4.69) is 41.0 Å². The molecule has 1 atom stereocenters. The summed E-state index contributed by atoms with van der Waals surface area (Å²) < 4.78 is 11.0. The van der Waals surface area contributed by atoms with Gasteiger partial charge in [0.1, 0.15) is 18.1 Å². The molecule has 0 saturated carbocycles. The largest absolute Gasteiger partial charge is 0.508 e. The summed E-state index contributed by atoms with van der Waals surface area (Å²) in [4.78, 5) is 16.5. The van der Waals surface area contributed by atoms with Crippen LogP contribution in [0.4, 0.5) is 5.69 Å². The lowest BCUT2D eigenvalue weighted by Gasteiger charge is -2.48. The van der Waals surface area contributed by atoms with E-state index in [-0.39, 0.29) is 11.9 Å². The van der Waals surface area contributed by atoms with Crippen LogP contribution in [0.25, 0.3) is 0 Å². The molecule has 3 aromatic rings. The number of hydrogen-bond acceptors (Lipinski definition) is 6. The summed E-state index contributed by atoms with van der Waals surface area (Å²) in [5.41, 5.74) is 4.16. The number of hydrogen-bond donors (Lipinski definition) is 1. The summed E-state index contributed by atoms with van der Waals surface area (Å²) in [7, 11) is 1.46. The second kappa shape index (κ2) is 11.3. The lowest BCUT2D eigenvalue weighted by Crippen LogP contribution is -2.49. The third kappa shape index (κ3) is 5.33. The number of carbonyl (C=O) groups is 1. The number of benzene rings is 3. The van der Waals surface area contributed by atoms with Crippen LogP contribution in [-0.2, 0) is 21.5 Å². The van der Waals surface area contributed by atoms with Gasteiger partial charge >= 0.3 is 5.97 Å². The molecule has 1 fully saturated rings. The van der Waals surface area contributed by atoms with E-state index in [0.29, 0.717) is 17.4 Å².